The second-order valence-electron chi connectivity index (χ2n) is 5.00. The van der Waals surface area contributed by atoms with Gasteiger partial charge in [0.1, 0.15) is 11.4 Å². The van der Waals surface area contributed by atoms with E-state index in [1.165, 1.54) is 42.6 Å². The molecule has 1 aromatic carbocycles. The van der Waals surface area contributed by atoms with Crippen LogP contribution in [0.5, 0.6) is 5.75 Å². The lowest BCUT2D eigenvalue weighted by atomic mass is 10.1. The van der Waals surface area contributed by atoms with Crippen molar-refractivity contribution < 1.29 is 26.8 Å². The van der Waals surface area contributed by atoms with Gasteiger partial charge in [0.25, 0.3) is 0 Å². The highest BCUT2D eigenvalue weighted by molar-refractivity contribution is 5.29. The molecule has 9 heteroatoms. The first-order valence-corrected chi connectivity index (χ1v) is 7.11. The van der Waals surface area contributed by atoms with Crippen molar-refractivity contribution in [3.63, 3.8) is 0 Å². The first-order valence-electron chi connectivity index (χ1n) is 7.11. The van der Waals surface area contributed by atoms with Crippen molar-refractivity contribution in [1.82, 2.24) is 15.1 Å². The number of ether oxygens (including phenoxy) is 1. The molecule has 2 aromatic heterocycles. The van der Waals surface area contributed by atoms with Crippen molar-refractivity contribution in [2.45, 2.75) is 19.0 Å². The molecule has 0 N–H and O–H groups in total. The number of halogens is 4. The Morgan fingerprint density at radius 1 is 1.08 bits per heavy atom. The van der Waals surface area contributed by atoms with Crippen molar-refractivity contribution in [3.05, 3.63) is 71.6 Å². The molecule has 0 saturated carbocycles. The van der Waals surface area contributed by atoms with Crippen LogP contribution in [0.2, 0.25) is 0 Å². The van der Waals surface area contributed by atoms with Crippen molar-refractivity contribution in [1.29, 1.82) is 0 Å². The molecule has 0 atom stereocenters. The molecule has 5 nitrogen and oxygen atoms in total. The summed E-state index contributed by atoms with van der Waals surface area (Å²) in [5.41, 5.74) is 0.119. The molecule has 0 aliphatic carbocycles. The number of nitrogens with zero attached hydrogens (tertiary/aromatic N) is 3. The SMILES string of the molecule is FC(F)Oc1ccc(Cc2noc(C(F)(F)c3ccccn3)n2)cc1. The van der Waals surface area contributed by atoms with E-state index in [-0.39, 0.29) is 18.0 Å². The van der Waals surface area contributed by atoms with Crippen molar-refractivity contribution in [2.24, 2.45) is 0 Å². The fraction of sp³-hybridized carbons (Fsp3) is 0.188. The lowest BCUT2D eigenvalue weighted by Gasteiger charge is -2.09. The number of alkyl halides is 4. The third-order valence-electron chi connectivity index (χ3n) is 3.23. The second kappa shape index (κ2) is 6.88. The number of hydrogen-bond acceptors (Lipinski definition) is 5. The van der Waals surface area contributed by atoms with Crippen LogP contribution in [0.1, 0.15) is 23.0 Å². The van der Waals surface area contributed by atoms with E-state index < -0.39 is 24.1 Å². The van der Waals surface area contributed by atoms with Gasteiger partial charge in [-0.05, 0) is 29.8 Å². The van der Waals surface area contributed by atoms with Crippen molar-refractivity contribution in [2.75, 3.05) is 0 Å². The van der Waals surface area contributed by atoms with Gasteiger partial charge < -0.3 is 9.26 Å². The molecule has 3 aromatic rings. The Morgan fingerprint density at radius 2 is 1.84 bits per heavy atom. The van der Waals surface area contributed by atoms with Crippen LogP contribution in [-0.2, 0) is 12.3 Å². The fourth-order valence-corrected chi connectivity index (χ4v) is 2.08. The van der Waals surface area contributed by atoms with Gasteiger partial charge in [-0.15, -0.1) is 0 Å². The Balaban J connectivity index is 1.73. The topological polar surface area (TPSA) is 61.0 Å². The molecule has 0 radical (unpaired) electrons. The van der Waals surface area contributed by atoms with Gasteiger partial charge in [-0.1, -0.05) is 23.4 Å². The minimum absolute atomic E-state index is 0.00534. The number of rotatable bonds is 6. The minimum atomic E-state index is -3.51. The van der Waals surface area contributed by atoms with E-state index in [9.17, 15) is 17.6 Å². The summed E-state index contributed by atoms with van der Waals surface area (Å²) >= 11 is 0. The van der Waals surface area contributed by atoms with Gasteiger partial charge in [0.15, 0.2) is 5.82 Å². The lowest BCUT2D eigenvalue weighted by Crippen LogP contribution is -2.17. The number of pyridine rings is 1. The fourth-order valence-electron chi connectivity index (χ4n) is 2.08. The first-order chi connectivity index (χ1) is 11.9. The number of benzene rings is 1. The monoisotopic (exact) mass is 353 g/mol. The summed E-state index contributed by atoms with van der Waals surface area (Å²) in [6.45, 7) is -2.92. The van der Waals surface area contributed by atoms with Crippen LogP contribution in [0.4, 0.5) is 17.6 Å². The third-order valence-corrected chi connectivity index (χ3v) is 3.23. The molecular weight excluding hydrogens is 342 g/mol. The summed E-state index contributed by atoms with van der Waals surface area (Å²) in [6.07, 6.45) is 1.33. The van der Waals surface area contributed by atoms with Crippen molar-refractivity contribution in [3.8, 4) is 5.75 Å². The summed E-state index contributed by atoms with van der Waals surface area (Å²) < 4.78 is 61.6. The first kappa shape index (κ1) is 16.9. The van der Waals surface area contributed by atoms with Crippen LogP contribution in [0.3, 0.4) is 0 Å². The molecule has 0 aliphatic heterocycles. The molecule has 2 heterocycles. The highest BCUT2D eigenvalue weighted by atomic mass is 19.3. The highest BCUT2D eigenvalue weighted by Crippen LogP contribution is 2.33. The maximum absolute atomic E-state index is 14.3. The molecule has 0 bridgehead atoms. The number of aromatic nitrogens is 3. The van der Waals surface area contributed by atoms with E-state index >= 15 is 0 Å². The van der Waals surface area contributed by atoms with E-state index in [0.717, 1.165) is 6.07 Å². The van der Waals surface area contributed by atoms with Crippen LogP contribution in [0, 0.1) is 0 Å². The summed E-state index contributed by atoms with van der Waals surface area (Å²) in [7, 11) is 0. The Kier molecular flexibility index (Phi) is 4.64. The third kappa shape index (κ3) is 3.93. The average molecular weight is 353 g/mol. The van der Waals surface area contributed by atoms with E-state index in [1.54, 1.807) is 0 Å². The number of hydrogen-bond donors (Lipinski definition) is 0. The molecule has 0 saturated heterocycles. The standard InChI is InChI=1S/C16H11F4N3O2/c17-15(18)24-11-6-4-10(5-7-11)9-13-22-14(25-23-13)16(19,20)12-3-1-2-8-21-12/h1-8,15H,9H2. The zero-order chi connectivity index (χ0) is 17.9. The summed E-state index contributed by atoms with van der Waals surface area (Å²) in [5.74, 6) is -4.34. The second-order valence-corrected chi connectivity index (χ2v) is 5.00. The summed E-state index contributed by atoms with van der Waals surface area (Å²) in [6, 6.07) is 9.79. The van der Waals surface area contributed by atoms with Crippen LogP contribution in [0.15, 0.2) is 53.2 Å². The molecule has 0 aliphatic rings. The molecule has 0 fully saturated rings. The summed E-state index contributed by atoms with van der Waals surface area (Å²) in [5, 5.41) is 3.53. The maximum Gasteiger partial charge on any atom is 0.387 e. The van der Waals surface area contributed by atoms with Gasteiger partial charge in [-0.2, -0.15) is 22.5 Å². The maximum atomic E-state index is 14.3. The molecule has 0 spiro atoms. The van der Waals surface area contributed by atoms with Gasteiger partial charge in [0.05, 0.1) is 0 Å². The van der Waals surface area contributed by atoms with Gasteiger partial charge in [0.2, 0.25) is 0 Å². The molecule has 3 rings (SSSR count). The average Bonchev–Trinajstić information content (AvgIpc) is 3.06. The zero-order valence-electron chi connectivity index (χ0n) is 12.6. The lowest BCUT2D eigenvalue weighted by molar-refractivity contribution is -0.0498. The Bertz CT molecular complexity index is 823. The van der Waals surface area contributed by atoms with E-state index in [2.05, 4.69) is 24.4 Å². The Hall–Kier alpha value is -2.97. The molecule has 0 unspecified atom stereocenters. The normalized spacial score (nSPS) is 11.7. The molecule has 130 valence electrons. The van der Waals surface area contributed by atoms with Gasteiger partial charge >= 0.3 is 18.4 Å². The Labute approximate surface area is 139 Å². The van der Waals surface area contributed by atoms with Crippen LogP contribution >= 0.6 is 0 Å². The predicted octanol–water partition coefficient (Wildman–Crippen LogP) is 3.80. The predicted molar refractivity (Wildman–Crippen MR) is 77.4 cm³/mol. The van der Waals surface area contributed by atoms with Gasteiger partial charge in [-0.3, -0.25) is 4.98 Å². The smallest absolute Gasteiger partial charge is 0.387 e. The minimum Gasteiger partial charge on any atom is -0.435 e. The summed E-state index contributed by atoms with van der Waals surface area (Å²) in [4.78, 5) is 7.31. The van der Waals surface area contributed by atoms with E-state index in [1.807, 2.05) is 0 Å². The van der Waals surface area contributed by atoms with Crippen LogP contribution < -0.4 is 4.74 Å². The van der Waals surface area contributed by atoms with E-state index in [4.69, 9.17) is 0 Å². The van der Waals surface area contributed by atoms with E-state index in [0.29, 0.717) is 5.56 Å². The van der Waals surface area contributed by atoms with Crippen molar-refractivity contribution >= 4 is 0 Å². The van der Waals surface area contributed by atoms with Gasteiger partial charge in [-0.25, -0.2) is 0 Å². The van der Waals surface area contributed by atoms with Crippen LogP contribution in [-0.4, -0.2) is 21.7 Å². The quantitative estimate of drug-likeness (QED) is 0.631. The molecule has 0 amide bonds. The molecular formula is C16H11F4N3O2. The zero-order valence-corrected chi connectivity index (χ0v) is 12.6. The Morgan fingerprint density at radius 3 is 2.48 bits per heavy atom. The van der Waals surface area contributed by atoms with Crippen LogP contribution in [0.25, 0.3) is 0 Å². The highest BCUT2D eigenvalue weighted by Gasteiger charge is 2.42. The molecule has 25 heavy (non-hydrogen) atoms. The largest absolute Gasteiger partial charge is 0.435 e. The van der Waals surface area contributed by atoms with Gasteiger partial charge in [0, 0.05) is 12.6 Å².